The molecule has 1 unspecified atom stereocenters. The number of carbonyl (C=O) groups excluding carboxylic acids is 2. The highest BCUT2D eigenvalue weighted by atomic mass is 32.2. The van der Waals surface area contributed by atoms with Crippen LogP contribution in [0.1, 0.15) is 41.8 Å². The minimum absolute atomic E-state index is 0.0607. The van der Waals surface area contributed by atoms with E-state index in [0.717, 1.165) is 30.4 Å². The molecule has 9 heteroatoms. The monoisotopic (exact) mass is 535 g/mol. The van der Waals surface area contributed by atoms with Crippen LogP contribution in [0.15, 0.2) is 83.6 Å². The topological polar surface area (TPSA) is 95.6 Å². The molecule has 3 aromatic rings. The van der Waals surface area contributed by atoms with Gasteiger partial charge in [0.1, 0.15) is 0 Å². The molecule has 1 spiro atoms. The number of nitrogens with zero attached hydrogens (tertiary/aromatic N) is 1. The van der Waals surface area contributed by atoms with E-state index < -0.39 is 15.6 Å². The fourth-order valence-electron chi connectivity index (χ4n) is 5.24. The van der Waals surface area contributed by atoms with E-state index >= 15 is 0 Å². The van der Waals surface area contributed by atoms with E-state index in [2.05, 4.69) is 17.2 Å². The Morgan fingerprint density at radius 2 is 1.78 bits per heavy atom. The molecule has 2 amide bonds. The number of hydrogen-bond donors (Lipinski definition) is 2. The molecule has 2 aromatic carbocycles. The summed E-state index contributed by atoms with van der Waals surface area (Å²) in [7, 11) is -3.72. The minimum atomic E-state index is -3.72. The Hall–Kier alpha value is -3.27. The van der Waals surface area contributed by atoms with Gasteiger partial charge in [0.2, 0.25) is 15.9 Å². The number of sulfonamides is 1. The molecule has 7 nitrogen and oxygen atoms in total. The van der Waals surface area contributed by atoms with Gasteiger partial charge in [0.05, 0.1) is 9.77 Å². The fourth-order valence-corrected chi connectivity index (χ4v) is 7.90. The smallest absolute Gasteiger partial charge is 0.265 e. The molecule has 0 bridgehead atoms. The van der Waals surface area contributed by atoms with Crippen LogP contribution in [0, 0.1) is 0 Å². The Morgan fingerprint density at radius 3 is 2.43 bits per heavy atom. The summed E-state index contributed by atoms with van der Waals surface area (Å²) in [4.78, 5) is 25.3. The number of nitrogens with one attached hydrogen (secondary N) is 2. The molecule has 2 fully saturated rings. The van der Waals surface area contributed by atoms with Gasteiger partial charge in [-0.15, -0.1) is 11.3 Å². The third-order valence-corrected chi connectivity index (χ3v) is 10.2. The number of piperidine rings is 1. The summed E-state index contributed by atoms with van der Waals surface area (Å²) in [6.45, 7) is 3.85. The average Bonchev–Trinajstić information content (AvgIpc) is 3.39. The Morgan fingerprint density at radius 1 is 1.05 bits per heavy atom. The molecule has 5 rings (SSSR count). The van der Waals surface area contributed by atoms with Crippen LogP contribution in [0.5, 0.6) is 0 Å². The highest BCUT2D eigenvalue weighted by Crippen LogP contribution is 2.47. The van der Waals surface area contributed by atoms with Gasteiger partial charge in [-0.2, -0.15) is 4.31 Å². The molecule has 2 aliphatic rings. The molecule has 37 heavy (non-hydrogen) atoms. The van der Waals surface area contributed by atoms with Crippen molar-refractivity contribution < 1.29 is 18.0 Å². The zero-order valence-electron chi connectivity index (χ0n) is 20.4. The Bertz CT molecular complexity index is 1410. The molecule has 1 aliphatic heterocycles. The first kappa shape index (κ1) is 25.4. The number of anilines is 1. The quantitative estimate of drug-likeness (QED) is 0.414. The molecule has 2 N–H and O–H groups in total. The van der Waals surface area contributed by atoms with Crippen LogP contribution in [0.3, 0.4) is 0 Å². The summed E-state index contributed by atoms with van der Waals surface area (Å²) in [5.74, 6) is -0.466. The van der Waals surface area contributed by atoms with E-state index in [9.17, 15) is 18.0 Å². The summed E-state index contributed by atoms with van der Waals surface area (Å²) in [5.41, 5.74) is 2.10. The van der Waals surface area contributed by atoms with Crippen molar-refractivity contribution in [3.63, 3.8) is 0 Å². The summed E-state index contributed by atoms with van der Waals surface area (Å²) in [5, 5.41) is 7.75. The molecule has 0 radical (unpaired) electrons. The van der Waals surface area contributed by atoms with Gasteiger partial charge < -0.3 is 10.6 Å². The van der Waals surface area contributed by atoms with Crippen LogP contribution in [0.4, 0.5) is 5.69 Å². The maximum atomic E-state index is 13.6. The van der Waals surface area contributed by atoms with Crippen molar-refractivity contribution in [1.29, 1.82) is 0 Å². The van der Waals surface area contributed by atoms with Crippen LogP contribution in [-0.4, -0.2) is 42.7 Å². The number of benzene rings is 2. The molecular formula is C28H29N3O4S2. The Labute approximate surface area is 221 Å². The first-order chi connectivity index (χ1) is 17.8. The molecule has 2 heterocycles. The Balaban J connectivity index is 1.27. The predicted molar refractivity (Wildman–Crippen MR) is 146 cm³/mol. The zero-order valence-corrected chi connectivity index (χ0v) is 22.0. The lowest BCUT2D eigenvalue weighted by molar-refractivity contribution is -0.117. The third-order valence-electron chi connectivity index (χ3n) is 7.28. The van der Waals surface area contributed by atoms with E-state index in [1.807, 2.05) is 41.8 Å². The normalized spacial score (nSPS) is 19.1. The lowest BCUT2D eigenvalue weighted by Gasteiger charge is -2.54. The van der Waals surface area contributed by atoms with Crippen molar-refractivity contribution in [1.82, 2.24) is 9.62 Å². The van der Waals surface area contributed by atoms with E-state index in [1.54, 1.807) is 28.6 Å². The van der Waals surface area contributed by atoms with E-state index in [4.69, 9.17) is 0 Å². The lowest BCUT2D eigenvalue weighted by Crippen LogP contribution is -2.63. The Kier molecular flexibility index (Phi) is 7.02. The van der Waals surface area contributed by atoms with Gasteiger partial charge in [-0.1, -0.05) is 36.9 Å². The van der Waals surface area contributed by atoms with Gasteiger partial charge in [-0.25, -0.2) is 8.42 Å². The van der Waals surface area contributed by atoms with Crippen LogP contribution >= 0.6 is 11.3 Å². The van der Waals surface area contributed by atoms with E-state index in [0.29, 0.717) is 30.0 Å². The molecule has 1 atom stereocenters. The zero-order chi connectivity index (χ0) is 26.0. The molecule has 1 aliphatic carbocycles. The highest BCUT2D eigenvalue weighted by molar-refractivity contribution is 7.89. The molecule has 1 saturated carbocycles. The average molecular weight is 536 g/mol. The SMILES string of the molecule is C=CC(=O)NC1CCN(S(=O)(=O)c2ccc(NC(=O)c3cc(-c4ccccc4)cs3)cc2)C2(CCC2)C1. The highest BCUT2D eigenvalue weighted by Gasteiger charge is 2.51. The summed E-state index contributed by atoms with van der Waals surface area (Å²) in [6.07, 6.45) is 4.94. The fraction of sp³-hybridized carbons (Fsp3) is 0.286. The number of carbonyl (C=O) groups is 2. The van der Waals surface area contributed by atoms with Gasteiger partial charge in [0.15, 0.2) is 0 Å². The standard InChI is InChI=1S/C28H29N3O4S2/c1-2-26(32)29-23-13-16-31(28(18-23)14-6-15-28)37(34,35)24-11-9-22(10-12-24)30-27(33)25-17-21(19-36-25)20-7-4-3-5-8-20/h2-5,7-12,17,19,23H,1,6,13-16,18H2,(H,29,32)(H,30,33). The second-order valence-electron chi connectivity index (χ2n) is 9.60. The van der Waals surface area contributed by atoms with Gasteiger partial charge in [0, 0.05) is 23.8 Å². The first-order valence-corrected chi connectivity index (χ1v) is 14.6. The van der Waals surface area contributed by atoms with Gasteiger partial charge in [-0.3, -0.25) is 9.59 Å². The van der Waals surface area contributed by atoms with Crippen molar-refractivity contribution in [2.24, 2.45) is 0 Å². The van der Waals surface area contributed by atoms with Crippen molar-refractivity contribution in [3.05, 3.63) is 83.6 Å². The molecule has 1 aromatic heterocycles. The predicted octanol–water partition coefficient (Wildman–Crippen LogP) is 5.05. The number of amides is 2. The largest absolute Gasteiger partial charge is 0.350 e. The van der Waals surface area contributed by atoms with Crippen molar-refractivity contribution in [2.75, 3.05) is 11.9 Å². The van der Waals surface area contributed by atoms with Gasteiger partial charge in [-0.05, 0) is 85.0 Å². The van der Waals surface area contributed by atoms with Gasteiger partial charge in [0.25, 0.3) is 5.91 Å². The van der Waals surface area contributed by atoms with Crippen molar-refractivity contribution in [2.45, 2.75) is 48.6 Å². The summed E-state index contributed by atoms with van der Waals surface area (Å²) < 4.78 is 28.8. The minimum Gasteiger partial charge on any atom is -0.350 e. The third kappa shape index (κ3) is 5.12. The lowest BCUT2D eigenvalue weighted by atomic mass is 9.70. The maximum Gasteiger partial charge on any atom is 0.265 e. The number of hydrogen-bond acceptors (Lipinski definition) is 5. The van der Waals surface area contributed by atoms with Crippen LogP contribution in [0.25, 0.3) is 11.1 Å². The first-order valence-electron chi connectivity index (χ1n) is 12.3. The van der Waals surface area contributed by atoms with E-state index in [-0.39, 0.29) is 22.8 Å². The van der Waals surface area contributed by atoms with Crippen LogP contribution in [-0.2, 0) is 14.8 Å². The summed E-state index contributed by atoms with van der Waals surface area (Å²) >= 11 is 1.37. The number of rotatable bonds is 7. The van der Waals surface area contributed by atoms with Crippen molar-refractivity contribution >= 4 is 38.9 Å². The van der Waals surface area contributed by atoms with Gasteiger partial charge >= 0.3 is 0 Å². The second kappa shape index (κ2) is 10.2. The van der Waals surface area contributed by atoms with Crippen LogP contribution in [0.2, 0.25) is 0 Å². The van der Waals surface area contributed by atoms with E-state index in [1.165, 1.54) is 17.4 Å². The molecule has 192 valence electrons. The molecule has 1 saturated heterocycles. The van der Waals surface area contributed by atoms with Crippen LogP contribution < -0.4 is 10.6 Å². The summed E-state index contributed by atoms with van der Waals surface area (Å²) in [6, 6.07) is 18.0. The van der Waals surface area contributed by atoms with Crippen molar-refractivity contribution in [3.8, 4) is 11.1 Å². The molecular weight excluding hydrogens is 506 g/mol. The second-order valence-corrected chi connectivity index (χ2v) is 12.4. The number of thiophene rings is 1. The maximum absolute atomic E-state index is 13.6.